The average Bonchev–Trinajstić information content (AvgIpc) is 3.14. The third-order valence-corrected chi connectivity index (χ3v) is 3.95. The van der Waals surface area contributed by atoms with Crippen molar-refractivity contribution in [2.75, 3.05) is 11.9 Å². The van der Waals surface area contributed by atoms with Gasteiger partial charge in [-0.1, -0.05) is 0 Å². The summed E-state index contributed by atoms with van der Waals surface area (Å²) in [5, 5.41) is 5.55. The van der Waals surface area contributed by atoms with E-state index < -0.39 is 5.97 Å². The Hall–Kier alpha value is -2.12. The lowest BCUT2D eigenvalue weighted by molar-refractivity contribution is 0.0529. The van der Waals surface area contributed by atoms with Crippen LogP contribution in [0, 0.1) is 0 Å². The van der Waals surface area contributed by atoms with Crippen molar-refractivity contribution >= 4 is 44.9 Å². The fourth-order valence-corrected chi connectivity index (χ4v) is 3.11. The summed E-state index contributed by atoms with van der Waals surface area (Å²) >= 11 is 7.26. The van der Waals surface area contributed by atoms with Crippen LogP contribution in [0.2, 0.25) is 5.28 Å². The number of ether oxygens (including phenoxy) is 1. The molecule has 3 aromatic rings. The van der Waals surface area contributed by atoms with Crippen molar-refractivity contribution in [1.29, 1.82) is 0 Å². The fraction of sp³-hybridized carbons (Fsp3) is 0.214. The van der Waals surface area contributed by atoms with Gasteiger partial charge in [0.15, 0.2) is 0 Å². The second-order valence-corrected chi connectivity index (χ2v) is 5.52. The van der Waals surface area contributed by atoms with Gasteiger partial charge in [-0.25, -0.2) is 14.8 Å². The highest BCUT2D eigenvalue weighted by molar-refractivity contribution is 7.17. The summed E-state index contributed by atoms with van der Waals surface area (Å²) in [6.07, 6.45) is 1.59. The second-order valence-electron chi connectivity index (χ2n) is 4.32. The Labute approximate surface area is 135 Å². The Kier molecular flexibility index (Phi) is 4.26. The van der Waals surface area contributed by atoms with Crippen LogP contribution < -0.4 is 5.32 Å². The van der Waals surface area contributed by atoms with Crippen molar-refractivity contribution in [3.05, 3.63) is 40.4 Å². The van der Waals surface area contributed by atoms with Crippen molar-refractivity contribution in [1.82, 2.24) is 9.97 Å². The number of carbonyl (C=O) groups excluding carboxylic acids is 1. The smallest absolute Gasteiger partial charge is 0.339 e. The monoisotopic (exact) mass is 337 g/mol. The van der Waals surface area contributed by atoms with Gasteiger partial charge >= 0.3 is 5.97 Å². The summed E-state index contributed by atoms with van der Waals surface area (Å²) < 4.78 is 10.3. The topological polar surface area (TPSA) is 77.2 Å². The normalized spacial score (nSPS) is 10.8. The first kappa shape index (κ1) is 14.8. The van der Waals surface area contributed by atoms with Crippen LogP contribution in [0.5, 0.6) is 0 Å². The van der Waals surface area contributed by atoms with Crippen LogP contribution in [0.25, 0.3) is 10.2 Å². The number of anilines is 1. The van der Waals surface area contributed by atoms with Gasteiger partial charge in [0.25, 0.3) is 0 Å². The number of hydrogen-bond donors (Lipinski definition) is 1. The molecular weight excluding hydrogens is 326 g/mol. The molecule has 0 saturated heterocycles. The van der Waals surface area contributed by atoms with Crippen molar-refractivity contribution in [2.24, 2.45) is 0 Å². The number of esters is 1. The molecule has 0 aromatic carbocycles. The zero-order valence-corrected chi connectivity index (χ0v) is 13.2. The van der Waals surface area contributed by atoms with Gasteiger partial charge in [-0.3, -0.25) is 0 Å². The number of nitrogens with zero attached hydrogens (tertiary/aromatic N) is 2. The number of hydrogen-bond acceptors (Lipinski definition) is 7. The van der Waals surface area contributed by atoms with Crippen LogP contribution in [-0.4, -0.2) is 22.5 Å². The highest BCUT2D eigenvalue weighted by Gasteiger charge is 2.19. The number of nitrogens with one attached hydrogen (secondary N) is 1. The second kappa shape index (κ2) is 6.33. The van der Waals surface area contributed by atoms with Gasteiger partial charge in [-0.05, 0) is 30.7 Å². The van der Waals surface area contributed by atoms with E-state index in [1.807, 2.05) is 6.07 Å². The van der Waals surface area contributed by atoms with E-state index >= 15 is 0 Å². The van der Waals surface area contributed by atoms with E-state index in [4.69, 9.17) is 20.8 Å². The van der Waals surface area contributed by atoms with Gasteiger partial charge in [-0.2, -0.15) is 0 Å². The summed E-state index contributed by atoms with van der Waals surface area (Å²) in [4.78, 5) is 21.0. The Morgan fingerprint density at radius 3 is 3.09 bits per heavy atom. The van der Waals surface area contributed by atoms with E-state index in [0.29, 0.717) is 34.7 Å². The molecule has 8 heteroatoms. The molecule has 6 nitrogen and oxygen atoms in total. The van der Waals surface area contributed by atoms with Gasteiger partial charge in [0, 0.05) is 5.38 Å². The van der Waals surface area contributed by atoms with Gasteiger partial charge in [0.2, 0.25) is 5.28 Å². The third-order valence-electron chi connectivity index (χ3n) is 2.91. The lowest BCUT2D eigenvalue weighted by Crippen LogP contribution is -2.07. The van der Waals surface area contributed by atoms with Gasteiger partial charge in [-0.15, -0.1) is 11.3 Å². The molecule has 0 bridgehead atoms. The summed E-state index contributed by atoms with van der Waals surface area (Å²) in [6, 6.07) is 3.64. The van der Waals surface area contributed by atoms with E-state index in [1.165, 1.54) is 11.3 Å². The summed E-state index contributed by atoms with van der Waals surface area (Å²) in [7, 11) is 0. The largest absolute Gasteiger partial charge is 0.467 e. The van der Waals surface area contributed by atoms with Crippen LogP contribution in [0.4, 0.5) is 5.82 Å². The molecule has 0 aliphatic carbocycles. The summed E-state index contributed by atoms with van der Waals surface area (Å²) in [5.41, 5.74) is 0.431. The number of aromatic nitrogens is 2. The maximum atomic E-state index is 12.0. The number of furan rings is 1. The molecule has 0 amide bonds. The van der Waals surface area contributed by atoms with Gasteiger partial charge < -0.3 is 14.5 Å². The van der Waals surface area contributed by atoms with Crippen molar-refractivity contribution < 1.29 is 13.9 Å². The van der Waals surface area contributed by atoms with E-state index in [-0.39, 0.29) is 5.28 Å². The van der Waals surface area contributed by atoms with Gasteiger partial charge in [0.05, 0.1) is 30.4 Å². The Morgan fingerprint density at radius 2 is 2.36 bits per heavy atom. The van der Waals surface area contributed by atoms with Crippen molar-refractivity contribution in [3.8, 4) is 0 Å². The molecule has 3 heterocycles. The lowest BCUT2D eigenvalue weighted by atomic mass is 10.2. The Balaban J connectivity index is 1.99. The van der Waals surface area contributed by atoms with E-state index in [1.54, 1.807) is 24.6 Å². The van der Waals surface area contributed by atoms with Gasteiger partial charge in [0.1, 0.15) is 16.4 Å². The summed E-state index contributed by atoms with van der Waals surface area (Å²) in [6.45, 7) is 2.49. The molecule has 0 fully saturated rings. The highest BCUT2D eigenvalue weighted by Crippen LogP contribution is 2.31. The molecule has 3 rings (SSSR count). The number of fused-ring (bicyclic) bond motifs is 1. The number of carbonyl (C=O) groups is 1. The Morgan fingerprint density at radius 1 is 1.50 bits per heavy atom. The predicted octanol–water partition coefficient (Wildman–Crippen LogP) is 3.73. The first-order valence-electron chi connectivity index (χ1n) is 6.57. The molecule has 0 spiro atoms. The third kappa shape index (κ3) is 2.90. The summed E-state index contributed by atoms with van der Waals surface area (Å²) in [5.74, 6) is 0.826. The molecule has 22 heavy (non-hydrogen) atoms. The minimum Gasteiger partial charge on any atom is -0.467 e. The SMILES string of the molecule is CCOC(=O)c1csc2nc(Cl)nc(NCc3ccco3)c12. The van der Waals surface area contributed by atoms with Crippen molar-refractivity contribution in [2.45, 2.75) is 13.5 Å². The maximum Gasteiger partial charge on any atom is 0.339 e. The zero-order chi connectivity index (χ0) is 15.5. The number of thiophene rings is 1. The zero-order valence-electron chi connectivity index (χ0n) is 11.6. The highest BCUT2D eigenvalue weighted by atomic mass is 35.5. The standard InChI is InChI=1S/C14H12ClN3O3S/c1-2-20-13(19)9-7-22-12-10(9)11(17-14(15)18-12)16-6-8-4-3-5-21-8/h3-5,7H,2,6H2,1H3,(H,16,17,18). The first-order valence-corrected chi connectivity index (χ1v) is 7.83. The average molecular weight is 338 g/mol. The van der Waals surface area contributed by atoms with Crippen LogP contribution in [0.3, 0.4) is 0 Å². The van der Waals surface area contributed by atoms with Crippen LogP contribution >= 0.6 is 22.9 Å². The van der Waals surface area contributed by atoms with Crippen LogP contribution in [0.1, 0.15) is 23.0 Å². The molecular formula is C14H12ClN3O3S. The van der Waals surface area contributed by atoms with E-state index in [0.717, 1.165) is 5.76 Å². The van der Waals surface area contributed by atoms with E-state index in [2.05, 4.69) is 15.3 Å². The molecule has 0 saturated carbocycles. The molecule has 114 valence electrons. The molecule has 0 atom stereocenters. The molecule has 0 aliphatic rings. The minimum absolute atomic E-state index is 0.117. The Bertz CT molecular complexity index is 801. The van der Waals surface area contributed by atoms with Crippen LogP contribution in [-0.2, 0) is 11.3 Å². The molecule has 0 unspecified atom stereocenters. The molecule has 0 radical (unpaired) electrons. The molecule has 0 aliphatic heterocycles. The number of rotatable bonds is 5. The van der Waals surface area contributed by atoms with E-state index in [9.17, 15) is 4.79 Å². The quantitative estimate of drug-likeness (QED) is 0.564. The molecule has 1 N–H and O–H groups in total. The lowest BCUT2D eigenvalue weighted by Gasteiger charge is -2.07. The fourth-order valence-electron chi connectivity index (χ4n) is 1.99. The van der Waals surface area contributed by atoms with Crippen molar-refractivity contribution in [3.63, 3.8) is 0 Å². The number of halogens is 1. The minimum atomic E-state index is -0.402. The van der Waals surface area contributed by atoms with Crippen LogP contribution in [0.15, 0.2) is 28.2 Å². The first-order chi connectivity index (χ1) is 10.7. The molecule has 3 aromatic heterocycles. The maximum absolute atomic E-state index is 12.0. The predicted molar refractivity (Wildman–Crippen MR) is 84.4 cm³/mol.